The van der Waals surface area contributed by atoms with Crippen LogP contribution in [0.2, 0.25) is 0 Å². The summed E-state index contributed by atoms with van der Waals surface area (Å²) in [5.74, 6) is -0.151. The van der Waals surface area contributed by atoms with E-state index in [4.69, 9.17) is 4.74 Å². The Labute approximate surface area is 175 Å². The smallest absolute Gasteiger partial charge is 0.275 e. The normalized spacial score (nSPS) is 19.0. The molecule has 7 nitrogen and oxygen atoms in total. The van der Waals surface area contributed by atoms with Crippen LogP contribution in [0, 0.1) is 0 Å². The van der Waals surface area contributed by atoms with Gasteiger partial charge >= 0.3 is 0 Å². The molecule has 2 heterocycles. The van der Waals surface area contributed by atoms with E-state index in [1.54, 1.807) is 4.90 Å². The summed E-state index contributed by atoms with van der Waals surface area (Å²) in [6.45, 7) is 3.40. The first kappa shape index (κ1) is 20.1. The van der Waals surface area contributed by atoms with E-state index in [0.717, 1.165) is 22.9 Å². The number of nitrogens with one attached hydrogen (secondary N) is 2. The van der Waals surface area contributed by atoms with Gasteiger partial charge in [-0.15, -0.1) is 0 Å². The molecule has 1 aliphatic heterocycles. The monoisotopic (exact) mass is 406 g/mol. The van der Waals surface area contributed by atoms with E-state index >= 15 is 0 Å². The first-order valence-electron chi connectivity index (χ1n) is 10.3. The molecule has 0 radical (unpaired) electrons. The van der Waals surface area contributed by atoms with Crippen LogP contribution in [-0.4, -0.2) is 59.3 Å². The highest BCUT2D eigenvalue weighted by molar-refractivity contribution is 6.04. The molecule has 2 aromatic carbocycles. The maximum Gasteiger partial charge on any atom is 0.275 e. The van der Waals surface area contributed by atoms with E-state index in [-0.39, 0.29) is 30.4 Å². The number of rotatable bonds is 6. The second-order valence-corrected chi connectivity index (χ2v) is 7.49. The fraction of sp³-hybridized carbons (Fsp3) is 0.348. The summed E-state index contributed by atoms with van der Waals surface area (Å²) in [4.78, 5) is 27.4. The number of hydrogen-bond acceptors (Lipinski definition) is 4. The average molecular weight is 406 g/mol. The molecule has 2 N–H and O–H groups in total. The van der Waals surface area contributed by atoms with Gasteiger partial charge in [-0.3, -0.25) is 14.7 Å². The number of ether oxygens (including phenoxy) is 1. The molecule has 3 aromatic rings. The molecule has 1 aromatic heterocycles. The van der Waals surface area contributed by atoms with Gasteiger partial charge in [0.15, 0.2) is 5.69 Å². The highest BCUT2D eigenvalue weighted by atomic mass is 16.5. The first-order chi connectivity index (χ1) is 14.7. The Bertz CT molecular complexity index is 1020. The van der Waals surface area contributed by atoms with Gasteiger partial charge in [0.25, 0.3) is 5.91 Å². The fourth-order valence-corrected chi connectivity index (χ4v) is 4.10. The molecular formula is C23H26N4O3. The van der Waals surface area contributed by atoms with Crippen molar-refractivity contribution in [2.45, 2.75) is 25.3 Å². The van der Waals surface area contributed by atoms with Gasteiger partial charge in [-0.1, -0.05) is 48.5 Å². The van der Waals surface area contributed by atoms with Crippen LogP contribution in [0.4, 0.5) is 0 Å². The number of H-pyrrole nitrogens is 1. The number of likely N-dealkylation sites (tertiary alicyclic amines) is 1. The van der Waals surface area contributed by atoms with Gasteiger partial charge in [0.2, 0.25) is 5.91 Å². The number of benzene rings is 2. The van der Waals surface area contributed by atoms with Crippen LogP contribution < -0.4 is 5.32 Å². The lowest BCUT2D eigenvalue weighted by Gasteiger charge is -2.39. The number of amides is 2. The zero-order chi connectivity index (χ0) is 20.9. The van der Waals surface area contributed by atoms with Crippen molar-refractivity contribution in [1.82, 2.24) is 20.4 Å². The quantitative estimate of drug-likeness (QED) is 0.659. The minimum atomic E-state index is -0.191. The molecule has 0 unspecified atom stereocenters. The average Bonchev–Trinajstić information content (AvgIpc) is 3.22. The largest absolute Gasteiger partial charge is 0.372 e. The lowest BCUT2D eigenvalue weighted by molar-refractivity contribution is -0.126. The summed E-state index contributed by atoms with van der Waals surface area (Å²) >= 11 is 0. The van der Waals surface area contributed by atoms with E-state index in [9.17, 15) is 9.59 Å². The summed E-state index contributed by atoms with van der Waals surface area (Å²) in [5.41, 5.74) is 2.42. The maximum atomic E-state index is 13.2. The van der Waals surface area contributed by atoms with Crippen molar-refractivity contribution < 1.29 is 14.3 Å². The predicted octanol–water partition coefficient (Wildman–Crippen LogP) is 2.71. The van der Waals surface area contributed by atoms with Crippen molar-refractivity contribution in [2.24, 2.45) is 0 Å². The van der Waals surface area contributed by atoms with Crippen LogP contribution in [-0.2, 0) is 9.53 Å². The molecule has 1 aliphatic rings. The number of aromatic nitrogens is 2. The van der Waals surface area contributed by atoms with Gasteiger partial charge in [0, 0.05) is 31.0 Å². The van der Waals surface area contributed by atoms with E-state index in [0.29, 0.717) is 25.4 Å². The Hall–Kier alpha value is -3.19. The molecule has 4 rings (SSSR count). The van der Waals surface area contributed by atoms with Crippen LogP contribution in [0.1, 0.15) is 35.3 Å². The Morgan fingerprint density at radius 3 is 2.73 bits per heavy atom. The van der Waals surface area contributed by atoms with Crippen LogP contribution in [0.25, 0.3) is 10.9 Å². The van der Waals surface area contributed by atoms with E-state index in [1.165, 1.54) is 0 Å². The maximum absolute atomic E-state index is 13.2. The van der Waals surface area contributed by atoms with E-state index in [1.807, 2.05) is 49.4 Å². The Balaban J connectivity index is 1.55. The number of aromatic amines is 1. The lowest BCUT2D eigenvalue weighted by Crippen LogP contribution is -2.53. The molecule has 2 amide bonds. The summed E-state index contributed by atoms with van der Waals surface area (Å²) < 4.78 is 5.25. The zero-order valence-electron chi connectivity index (χ0n) is 17.0. The van der Waals surface area contributed by atoms with Gasteiger partial charge in [-0.25, -0.2) is 0 Å². The van der Waals surface area contributed by atoms with Crippen molar-refractivity contribution in [1.29, 1.82) is 0 Å². The highest BCUT2D eigenvalue weighted by Gasteiger charge is 2.34. The molecular weight excluding hydrogens is 380 g/mol. The molecule has 2 atom stereocenters. The van der Waals surface area contributed by atoms with Crippen molar-refractivity contribution in [2.75, 3.05) is 26.3 Å². The Morgan fingerprint density at radius 1 is 1.17 bits per heavy atom. The number of piperidine rings is 1. The summed E-state index contributed by atoms with van der Waals surface area (Å²) in [7, 11) is 0. The molecule has 0 saturated carbocycles. The molecule has 7 heteroatoms. The van der Waals surface area contributed by atoms with Gasteiger partial charge in [0.05, 0.1) is 11.6 Å². The molecule has 0 spiro atoms. The SMILES string of the molecule is CCOCC(=O)N[C@H]1CN(C(=O)c2n[nH]c3ccccc23)CC[C@H]1c1ccccc1. The third-order valence-corrected chi connectivity index (χ3v) is 5.58. The molecule has 30 heavy (non-hydrogen) atoms. The summed E-state index contributed by atoms with van der Waals surface area (Å²) in [5, 5.41) is 11.1. The molecule has 0 aliphatic carbocycles. The number of nitrogens with zero attached hydrogens (tertiary/aromatic N) is 2. The van der Waals surface area contributed by atoms with E-state index < -0.39 is 0 Å². The van der Waals surface area contributed by atoms with Gasteiger partial charge < -0.3 is 15.0 Å². The third-order valence-electron chi connectivity index (χ3n) is 5.58. The topological polar surface area (TPSA) is 87.3 Å². The van der Waals surface area contributed by atoms with Crippen LogP contribution >= 0.6 is 0 Å². The zero-order valence-corrected chi connectivity index (χ0v) is 17.0. The van der Waals surface area contributed by atoms with Crippen molar-refractivity contribution in [3.8, 4) is 0 Å². The standard InChI is InChI=1S/C23H26N4O3/c1-2-30-15-21(28)24-20-14-27(13-12-17(20)16-8-4-3-5-9-16)23(29)22-18-10-6-7-11-19(18)25-26-22/h3-11,17,20H,2,12-15H2,1H3,(H,24,28)(H,25,26)/t17-,20-/m0/s1. The van der Waals surface area contributed by atoms with Gasteiger partial charge in [0.1, 0.15) is 6.61 Å². The van der Waals surface area contributed by atoms with Crippen LogP contribution in [0.5, 0.6) is 0 Å². The number of carbonyl (C=O) groups excluding carboxylic acids is 2. The summed E-state index contributed by atoms with van der Waals surface area (Å²) in [6, 6.07) is 17.5. The highest BCUT2D eigenvalue weighted by Crippen LogP contribution is 2.29. The van der Waals surface area contributed by atoms with Crippen LogP contribution in [0.15, 0.2) is 54.6 Å². The molecule has 156 valence electrons. The number of carbonyl (C=O) groups is 2. The second kappa shape index (κ2) is 9.09. The van der Waals surface area contributed by atoms with E-state index in [2.05, 4.69) is 27.6 Å². The fourth-order valence-electron chi connectivity index (χ4n) is 4.10. The Morgan fingerprint density at radius 2 is 1.93 bits per heavy atom. The van der Waals surface area contributed by atoms with Crippen LogP contribution in [0.3, 0.4) is 0 Å². The second-order valence-electron chi connectivity index (χ2n) is 7.49. The molecule has 0 bridgehead atoms. The lowest BCUT2D eigenvalue weighted by atomic mass is 9.85. The van der Waals surface area contributed by atoms with Crippen molar-refractivity contribution in [3.05, 3.63) is 65.9 Å². The predicted molar refractivity (Wildman–Crippen MR) is 114 cm³/mol. The Kier molecular flexibility index (Phi) is 6.09. The molecule has 1 saturated heterocycles. The first-order valence-corrected chi connectivity index (χ1v) is 10.3. The minimum absolute atomic E-state index is 0.0203. The third kappa shape index (κ3) is 4.21. The minimum Gasteiger partial charge on any atom is -0.372 e. The number of fused-ring (bicyclic) bond motifs is 1. The van der Waals surface area contributed by atoms with Crippen molar-refractivity contribution >= 4 is 22.7 Å². The number of hydrogen-bond donors (Lipinski definition) is 2. The molecule has 1 fully saturated rings. The summed E-state index contributed by atoms with van der Waals surface area (Å²) in [6.07, 6.45) is 0.762. The van der Waals surface area contributed by atoms with Gasteiger partial charge in [-0.2, -0.15) is 5.10 Å². The van der Waals surface area contributed by atoms with Gasteiger partial charge in [-0.05, 0) is 25.0 Å². The van der Waals surface area contributed by atoms with Crippen molar-refractivity contribution in [3.63, 3.8) is 0 Å². The number of para-hydroxylation sites is 1.